The van der Waals surface area contributed by atoms with Crippen LogP contribution in [0.2, 0.25) is 0 Å². The van der Waals surface area contributed by atoms with E-state index in [0.717, 1.165) is 59.0 Å². The zero-order chi connectivity index (χ0) is 59.2. The maximum atomic E-state index is 12.5. The monoisotopic (exact) mass is 1260 g/mol. The van der Waals surface area contributed by atoms with Gasteiger partial charge in [0.15, 0.2) is 0 Å². The van der Waals surface area contributed by atoms with Crippen LogP contribution in [0.25, 0.3) is 66.8 Å². The minimum Gasteiger partial charge on any atom is -0.376 e. The summed E-state index contributed by atoms with van der Waals surface area (Å²) in [5.74, 6) is 0. The Labute approximate surface area is 510 Å². The number of fused-ring (bicyclic) bond motifs is 6. The lowest BCUT2D eigenvalue weighted by atomic mass is 9.67. The van der Waals surface area contributed by atoms with Gasteiger partial charge >= 0.3 is 15.6 Å². The van der Waals surface area contributed by atoms with Crippen LogP contribution in [0.1, 0.15) is 38.9 Å². The normalized spacial score (nSPS) is 12.9. The minimum absolute atomic E-state index is 0.442. The second kappa shape index (κ2) is 24.8. The molecule has 2 N–H and O–H groups in total. The summed E-state index contributed by atoms with van der Waals surface area (Å²) in [6.45, 7) is 0. The van der Waals surface area contributed by atoms with E-state index in [0.29, 0.717) is 0 Å². The van der Waals surface area contributed by atoms with Gasteiger partial charge in [-0.1, -0.05) is 293 Å². The smallest absolute Gasteiger partial charge is 0.376 e. The summed E-state index contributed by atoms with van der Waals surface area (Å²) in [6, 6.07) is 109. The molecule has 2 aliphatic rings. The first-order valence-corrected chi connectivity index (χ1v) is 30.3. The maximum absolute atomic E-state index is 12.5. The summed E-state index contributed by atoms with van der Waals surface area (Å²) < 4.78 is 59.6. The maximum Gasteiger partial charge on any atom is 0.522 e. The lowest BCUT2D eigenvalue weighted by molar-refractivity contribution is -0.0510. The van der Waals surface area contributed by atoms with E-state index >= 15 is 0 Å². The highest BCUT2D eigenvalue weighted by Gasteiger charge is 2.47. The van der Waals surface area contributed by atoms with Crippen LogP contribution < -0.4 is 0 Å². The first kappa shape index (κ1) is 58.1. The molecular weight excluding hydrogens is 1210 g/mol. The molecule has 2 aliphatic carbocycles. The number of benzene rings is 12. The van der Waals surface area contributed by atoms with E-state index in [1.165, 1.54) is 55.6 Å². The molecule has 85 heavy (non-hydrogen) atoms. The quantitative estimate of drug-likeness (QED) is 0.123. The number of halogens is 5. The van der Waals surface area contributed by atoms with Gasteiger partial charge in [0.2, 0.25) is 0 Å². The Balaban J connectivity index is 0.000000145. The molecule has 0 heterocycles. The van der Waals surface area contributed by atoms with Crippen LogP contribution in [-0.4, -0.2) is 23.6 Å². The van der Waals surface area contributed by atoms with E-state index in [1.807, 2.05) is 97.1 Å². The second-order valence-electron chi connectivity index (χ2n) is 20.4. The Hall–Kier alpha value is -8.74. The molecule has 10 heteroatoms. The summed E-state index contributed by atoms with van der Waals surface area (Å²) in [7, 11) is -5.84. The van der Waals surface area contributed by atoms with Gasteiger partial charge in [-0.25, -0.2) is 0 Å². The molecule has 0 atom stereocenters. The molecule has 0 fully saturated rings. The first-order valence-electron chi connectivity index (χ1n) is 27.3. The van der Waals surface area contributed by atoms with Crippen molar-refractivity contribution in [1.29, 1.82) is 0 Å². The fourth-order valence-electron chi connectivity index (χ4n) is 11.4. The lowest BCUT2D eigenvalue weighted by Gasteiger charge is -2.34. The van der Waals surface area contributed by atoms with Crippen molar-refractivity contribution in [2.24, 2.45) is 0 Å². The van der Waals surface area contributed by atoms with Crippen molar-refractivity contribution in [2.75, 3.05) is 0 Å². The molecule has 0 spiro atoms. The molecule has 0 bridgehead atoms. The van der Waals surface area contributed by atoms with Crippen LogP contribution in [0.5, 0.6) is 0 Å². The molecule has 0 aromatic heterocycles. The number of hydrogen-bond donors (Lipinski definition) is 2. The standard InChI is InChI=1S/C37H25Br.C31H21BrO.C6H6.CHF3O3S/c38-32-20-18-31(19-21-32)37(30-14-8-3-9-15-30)35-24-28(26-10-4-1-5-11-26)16-22-33(35)34-23-17-29(25-36(34)37)27-12-6-2-7-13-27;32-26-15-13-25(14-16-26)31(33)29-19-23(21-7-3-1-4-8-21)11-17-27(29)28-18-12-24(20-30(28)31)22-9-5-2-6-10-22;1-2-4-6-5-3-1;2-1(3,4)8(5,6)7/h1-25H;1-20,33H;1-6H;(H,5,6,7). The largest absolute Gasteiger partial charge is 0.522 e. The molecule has 0 radical (unpaired) electrons. The van der Waals surface area contributed by atoms with Crippen LogP contribution in [-0.2, 0) is 21.1 Å². The van der Waals surface area contributed by atoms with Crippen molar-refractivity contribution >= 4 is 42.0 Å². The zero-order valence-corrected chi connectivity index (χ0v) is 49.4. The number of aliphatic hydroxyl groups is 1. The van der Waals surface area contributed by atoms with Crippen molar-refractivity contribution in [3.05, 3.63) is 357 Å². The third kappa shape index (κ3) is 11.9. The predicted molar refractivity (Wildman–Crippen MR) is 345 cm³/mol. The van der Waals surface area contributed by atoms with E-state index in [2.05, 4.69) is 244 Å². The fourth-order valence-corrected chi connectivity index (χ4v) is 12.0. The molecule has 0 unspecified atom stereocenters. The van der Waals surface area contributed by atoms with Gasteiger partial charge < -0.3 is 5.11 Å². The lowest BCUT2D eigenvalue weighted by Crippen LogP contribution is -2.28. The van der Waals surface area contributed by atoms with Crippen LogP contribution in [0.3, 0.4) is 0 Å². The van der Waals surface area contributed by atoms with Crippen LogP contribution >= 0.6 is 31.9 Å². The van der Waals surface area contributed by atoms with Gasteiger partial charge in [0.1, 0.15) is 5.60 Å². The van der Waals surface area contributed by atoms with Gasteiger partial charge in [0, 0.05) is 20.1 Å². The summed E-state index contributed by atoms with van der Waals surface area (Å²) in [6.07, 6.45) is 0. The molecule has 418 valence electrons. The van der Waals surface area contributed by atoms with Crippen molar-refractivity contribution in [3.8, 4) is 66.8 Å². The average molecular weight is 1270 g/mol. The van der Waals surface area contributed by atoms with Gasteiger partial charge in [-0.3, -0.25) is 4.55 Å². The van der Waals surface area contributed by atoms with Gasteiger partial charge in [-0.2, -0.15) is 21.6 Å². The summed E-state index contributed by atoms with van der Waals surface area (Å²) in [5, 5.41) is 12.5. The van der Waals surface area contributed by atoms with Gasteiger partial charge in [-0.05, 0) is 143 Å². The predicted octanol–water partition coefficient (Wildman–Crippen LogP) is 20.3. The molecule has 0 saturated heterocycles. The summed E-state index contributed by atoms with van der Waals surface area (Å²) in [5.41, 5.74) is 14.8. The highest BCUT2D eigenvalue weighted by Crippen LogP contribution is 2.58. The minimum atomic E-state index is -5.84. The van der Waals surface area contributed by atoms with E-state index in [1.54, 1.807) is 0 Å². The Morgan fingerprint density at radius 1 is 0.306 bits per heavy atom. The van der Waals surface area contributed by atoms with Crippen molar-refractivity contribution < 1.29 is 31.2 Å². The second-order valence-corrected chi connectivity index (χ2v) is 23.7. The van der Waals surface area contributed by atoms with Crippen molar-refractivity contribution in [2.45, 2.75) is 16.5 Å². The van der Waals surface area contributed by atoms with E-state index < -0.39 is 26.6 Å². The zero-order valence-electron chi connectivity index (χ0n) is 45.5. The average Bonchev–Trinajstić information content (AvgIpc) is 1.60. The number of alkyl halides is 3. The third-order valence-electron chi connectivity index (χ3n) is 15.4. The first-order chi connectivity index (χ1) is 41.1. The molecule has 0 amide bonds. The molecule has 0 saturated carbocycles. The molecule has 12 aromatic rings. The highest BCUT2D eigenvalue weighted by molar-refractivity contribution is 9.10. The van der Waals surface area contributed by atoms with Crippen LogP contribution in [0.15, 0.2) is 318 Å². The molecule has 0 aliphatic heterocycles. The molecule has 14 rings (SSSR count). The fraction of sp³-hybridized carbons (Fsp3) is 0.0400. The Kier molecular flexibility index (Phi) is 17.0. The number of hydrogen-bond acceptors (Lipinski definition) is 3. The Morgan fingerprint density at radius 2 is 0.541 bits per heavy atom. The number of rotatable bonds is 7. The highest BCUT2D eigenvalue weighted by atomic mass is 79.9. The molecule has 4 nitrogen and oxygen atoms in total. The topological polar surface area (TPSA) is 74.6 Å². The summed E-state index contributed by atoms with van der Waals surface area (Å²) >= 11 is 7.21. The summed E-state index contributed by atoms with van der Waals surface area (Å²) in [4.78, 5) is 0. The van der Waals surface area contributed by atoms with Crippen molar-refractivity contribution in [1.82, 2.24) is 0 Å². The van der Waals surface area contributed by atoms with E-state index in [9.17, 15) is 18.3 Å². The SMILES string of the molecule is Brc1ccc(C2(c3ccccc3)c3cc(-c4ccccc4)ccc3-c3ccc(-c4ccccc4)cc32)cc1.O=S(=O)(O)C(F)(F)F.OC1(c2ccc(Br)cc2)c2cc(-c3ccccc3)ccc2-c2ccc(-c3ccccc3)cc21.c1ccccc1. The molecule has 12 aromatic carbocycles. The van der Waals surface area contributed by atoms with Gasteiger partial charge in [-0.15, -0.1) is 0 Å². The van der Waals surface area contributed by atoms with E-state index in [-0.39, 0.29) is 0 Å². The third-order valence-corrected chi connectivity index (χ3v) is 17.0. The Morgan fingerprint density at radius 3 is 0.835 bits per heavy atom. The van der Waals surface area contributed by atoms with Gasteiger partial charge in [0.25, 0.3) is 0 Å². The van der Waals surface area contributed by atoms with Crippen molar-refractivity contribution in [3.63, 3.8) is 0 Å². The molecular formula is C75H53Br2F3O4S. The van der Waals surface area contributed by atoms with Gasteiger partial charge in [0.05, 0.1) is 5.41 Å². The van der Waals surface area contributed by atoms with Crippen LogP contribution in [0, 0.1) is 0 Å². The Bertz CT molecular complexity index is 4160. The van der Waals surface area contributed by atoms with Crippen LogP contribution in [0.4, 0.5) is 13.2 Å². The van der Waals surface area contributed by atoms with E-state index in [4.69, 9.17) is 13.0 Å².